The summed E-state index contributed by atoms with van der Waals surface area (Å²) in [5, 5.41) is 3.50. The van der Waals surface area contributed by atoms with Gasteiger partial charge in [-0.2, -0.15) is 0 Å². The maximum Gasteiger partial charge on any atom is 0.229 e. The molecule has 1 aromatic heterocycles. The highest BCUT2D eigenvalue weighted by molar-refractivity contribution is 7.91. The minimum atomic E-state index is -3.28. The maximum absolute atomic E-state index is 13.3. The van der Waals surface area contributed by atoms with E-state index in [2.05, 4.69) is 5.32 Å². The minimum absolute atomic E-state index is 0.0945. The van der Waals surface area contributed by atoms with E-state index in [1.165, 1.54) is 11.3 Å². The van der Waals surface area contributed by atoms with Crippen LogP contribution >= 0.6 is 11.3 Å². The fourth-order valence-corrected chi connectivity index (χ4v) is 6.80. The first-order valence-electron chi connectivity index (χ1n) is 11.8. The zero-order valence-electron chi connectivity index (χ0n) is 19.5. The largest absolute Gasteiger partial charge is 0.317 e. The van der Waals surface area contributed by atoms with Gasteiger partial charge in [0.05, 0.1) is 26.9 Å². The van der Waals surface area contributed by atoms with Crippen molar-refractivity contribution in [1.29, 1.82) is 0 Å². The Bertz CT molecular complexity index is 1490. The van der Waals surface area contributed by atoms with E-state index in [1.54, 1.807) is 36.4 Å². The molecule has 0 radical (unpaired) electrons. The van der Waals surface area contributed by atoms with Gasteiger partial charge in [0.15, 0.2) is 9.84 Å². The van der Waals surface area contributed by atoms with Gasteiger partial charge in [0.2, 0.25) is 11.7 Å². The van der Waals surface area contributed by atoms with Crippen LogP contribution in [-0.2, 0) is 21.1 Å². The molecular weight excluding hydrogens is 490 g/mol. The summed E-state index contributed by atoms with van der Waals surface area (Å²) in [6.45, 7) is 0. The van der Waals surface area contributed by atoms with Gasteiger partial charge in [0.1, 0.15) is 0 Å². The average Bonchev–Trinajstić information content (AvgIpc) is 3.60. The predicted molar refractivity (Wildman–Crippen MR) is 143 cm³/mol. The standard InChI is InChI=1S/C29H25NO4S2/c31-26(17-20-13-15-24(16-14-20)36(33,34)19-21-11-12-21)30-27-18-25(22-7-3-1-4-8-22)29(35-27)28(32)23-9-5-2-6-10-23/h1-10,13-16,18,21H,11-12,17,19H2,(H,30,31). The molecule has 1 saturated carbocycles. The number of nitrogens with one attached hydrogen (secondary N) is 1. The smallest absolute Gasteiger partial charge is 0.229 e. The molecule has 1 fully saturated rings. The lowest BCUT2D eigenvalue weighted by atomic mass is 10.0. The predicted octanol–water partition coefficient (Wildman–Crippen LogP) is 6.01. The van der Waals surface area contributed by atoms with Crippen LogP contribution in [0.1, 0.15) is 33.6 Å². The highest BCUT2D eigenvalue weighted by Crippen LogP contribution is 2.36. The van der Waals surface area contributed by atoms with E-state index in [0.29, 0.717) is 20.3 Å². The number of sulfone groups is 1. The van der Waals surface area contributed by atoms with Crippen molar-refractivity contribution in [3.63, 3.8) is 0 Å². The van der Waals surface area contributed by atoms with Crippen LogP contribution in [0.4, 0.5) is 5.00 Å². The van der Waals surface area contributed by atoms with Gasteiger partial charge in [-0.3, -0.25) is 9.59 Å². The molecule has 1 N–H and O–H groups in total. The van der Waals surface area contributed by atoms with Crippen molar-refractivity contribution >= 4 is 37.9 Å². The number of thiophene rings is 1. The maximum atomic E-state index is 13.3. The van der Waals surface area contributed by atoms with Crippen LogP contribution in [-0.4, -0.2) is 25.9 Å². The molecule has 4 aromatic rings. The summed E-state index contributed by atoms with van der Waals surface area (Å²) in [5.41, 5.74) is 2.98. The molecule has 0 bridgehead atoms. The lowest BCUT2D eigenvalue weighted by Gasteiger charge is -2.06. The number of carbonyl (C=O) groups is 2. The Hall–Kier alpha value is -3.55. The normalized spacial score (nSPS) is 13.3. The number of hydrogen-bond donors (Lipinski definition) is 1. The van der Waals surface area contributed by atoms with Crippen LogP contribution in [0.25, 0.3) is 11.1 Å². The number of rotatable bonds is 9. The van der Waals surface area contributed by atoms with Gasteiger partial charge in [-0.15, -0.1) is 11.3 Å². The van der Waals surface area contributed by atoms with Crippen LogP contribution in [0.15, 0.2) is 95.9 Å². The lowest BCUT2D eigenvalue weighted by Crippen LogP contribution is -2.14. The second kappa shape index (κ2) is 10.2. The molecule has 0 spiro atoms. The molecule has 5 rings (SSSR count). The van der Waals surface area contributed by atoms with Crippen LogP contribution in [0.2, 0.25) is 0 Å². The van der Waals surface area contributed by atoms with Gasteiger partial charge in [0.25, 0.3) is 0 Å². The monoisotopic (exact) mass is 515 g/mol. The quantitative estimate of drug-likeness (QED) is 0.277. The molecule has 1 heterocycles. The molecule has 7 heteroatoms. The third-order valence-corrected chi connectivity index (χ3v) is 9.07. The number of anilines is 1. The fraction of sp³-hybridized carbons (Fsp3) is 0.172. The molecule has 1 amide bonds. The molecule has 0 aliphatic heterocycles. The van der Waals surface area contributed by atoms with E-state index in [0.717, 1.165) is 29.5 Å². The molecule has 0 unspecified atom stereocenters. The Morgan fingerprint density at radius 1 is 0.861 bits per heavy atom. The number of benzene rings is 3. The van der Waals surface area contributed by atoms with E-state index in [4.69, 9.17) is 0 Å². The van der Waals surface area contributed by atoms with Crippen molar-refractivity contribution in [3.05, 3.63) is 107 Å². The van der Waals surface area contributed by atoms with Gasteiger partial charge in [-0.1, -0.05) is 72.8 Å². The molecular formula is C29H25NO4S2. The highest BCUT2D eigenvalue weighted by Gasteiger charge is 2.29. The van der Waals surface area contributed by atoms with Crippen molar-refractivity contribution < 1.29 is 18.0 Å². The second-order valence-electron chi connectivity index (χ2n) is 9.01. The first-order chi connectivity index (χ1) is 17.4. The molecule has 36 heavy (non-hydrogen) atoms. The van der Waals surface area contributed by atoms with Crippen LogP contribution in [0.3, 0.4) is 0 Å². The van der Waals surface area contributed by atoms with Crippen LogP contribution in [0, 0.1) is 5.92 Å². The van der Waals surface area contributed by atoms with Crippen molar-refractivity contribution in [3.8, 4) is 11.1 Å². The van der Waals surface area contributed by atoms with Gasteiger partial charge < -0.3 is 5.32 Å². The average molecular weight is 516 g/mol. The summed E-state index contributed by atoms with van der Waals surface area (Å²) in [6, 6.07) is 27.1. The number of carbonyl (C=O) groups excluding carboxylic acids is 2. The van der Waals surface area contributed by atoms with Crippen molar-refractivity contribution in [1.82, 2.24) is 0 Å². The van der Waals surface area contributed by atoms with E-state index >= 15 is 0 Å². The summed E-state index contributed by atoms with van der Waals surface area (Å²) >= 11 is 1.25. The molecule has 1 aliphatic rings. The Balaban J connectivity index is 1.33. The minimum Gasteiger partial charge on any atom is -0.317 e. The number of ketones is 1. The first kappa shape index (κ1) is 24.2. The number of amides is 1. The Morgan fingerprint density at radius 3 is 2.14 bits per heavy atom. The van der Waals surface area contributed by atoms with E-state index in [-0.39, 0.29) is 29.8 Å². The van der Waals surface area contributed by atoms with Crippen LogP contribution in [0.5, 0.6) is 0 Å². The summed E-state index contributed by atoms with van der Waals surface area (Å²) in [6.07, 6.45) is 2.05. The molecule has 0 atom stereocenters. The SMILES string of the molecule is O=C(Cc1ccc(S(=O)(=O)CC2CC2)cc1)Nc1cc(-c2ccccc2)c(C(=O)c2ccccc2)s1. The molecule has 1 aliphatic carbocycles. The first-order valence-corrected chi connectivity index (χ1v) is 14.3. The van der Waals surface area contributed by atoms with Crippen molar-refractivity contribution in [2.24, 2.45) is 5.92 Å². The summed E-state index contributed by atoms with van der Waals surface area (Å²) in [4.78, 5) is 26.9. The third-order valence-electron chi connectivity index (χ3n) is 6.12. The van der Waals surface area contributed by atoms with Crippen molar-refractivity contribution in [2.45, 2.75) is 24.2 Å². The lowest BCUT2D eigenvalue weighted by molar-refractivity contribution is -0.115. The summed E-state index contributed by atoms with van der Waals surface area (Å²) in [5.74, 6) is 0.149. The Labute approximate surface area is 214 Å². The second-order valence-corrected chi connectivity index (χ2v) is 12.1. The topological polar surface area (TPSA) is 80.3 Å². The highest BCUT2D eigenvalue weighted by atomic mass is 32.2. The zero-order chi connectivity index (χ0) is 25.1. The van der Waals surface area contributed by atoms with Crippen molar-refractivity contribution in [2.75, 3.05) is 11.1 Å². The zero-order valence-corrected chi connectivity index (χ0v) is 21.1. The van der Waals surface area contributed by atoms with E-state index < -0.39 is 9.84 Å². The molecule has 182 valence electrons. The summed E-state index contributed by atoms with van der Waals surface area (Å²) in [7, 11) is -3.28. The van der Waals surface area contributed by atoms with Gasteiger partial charge in [-0.25, -0.2) is 8.42 Å². The summed E-state index contributed by atoms with van der Waals surface area (Å²) < 4.78 is 24.9. The van der Waals surface area contributed by atoms with Gasteiger partial charge >= 0.3 is 0 Å². The molecule has 5 nitrogen and oxygen atoms in total. The van der Waals surface area contributed by atoms with Gasteiger partial charge in [0, 0.05) is 11.1 Å². The number of hydrogen-bond acceptors (Lipinski definition) is 5. The molecule has 0 saturated heterocycles. The Morgan fingerprint density at radius 2 is 1.50 bits per heavy atom. The van der Waals surface area contributed by atoms with E-state index in [1.807, 2.05) is 54.6 Å². The fourth-order valence-electron chi connectivity index (χ4n) is 4.05. The third kappa shape index (κ3) is 5.64. The Kier molecular flexibility index (Phi) is 6.85. The van der Waals surface area contributed by atoms with Crippen LogP contribution < -0.4 is 5.32 Å². The van der Waals surface area contributed by atoms with E-state index in [9.17, 15) is 18.0 Å². The van der Waals surface area contributed by atoms with Gasteiger partial charge in [-0.05, 0) is 48.1 Å². The molecule has 3 aromatic carbocycles.